The van der Waals surface area contributed by atoms with E-state index in [1.165, 1.54) is 6.33 Å². The van der Waals surface area contributed by atoms with E-state index in [4.69, 9.17) is 0 Å². The Labute approximate surface area is 187 Å². The van der Waals surface area contributed by atoms with Gasteiger partial charge in [-0.2, -0.15) is 17.7 Å². The SMILES string of the molecule is O=C(NCCNC(=O)C1CCN(c2ccc3nncn3n2)CC1)c1ccc(C(F)(F)F)cc1. The maximum absolute atomic E-state index is 12.6. The van der Waals surface area contributed by atoms with Crippen LogP contribution in [0.3, 0.4) is 0 Å². The van der Waals surface area contributed by atoms with Gasteiger partial charge in [0.15, 0.2) is 5.65 Å². The summed E-state index contributed by atoms with van der Waals surface area (Å²) in [6.45, 7) is 1.78. The fourth-order valence-electron chi connectivity index (χ4n) is 3.68. The molecule has 9 nitrogen and oxygen atoms in total. The number of amides is 2. The Balaban J connectivity index is 1.18. The number of alkyl halides is 3. The molecule has 1 aliphatic rings. The molecule has 0 unspecified atom stereocenters. The molecule has 0 spiro atoms. The van der Waals surface area contributed by atoms with E-state index in [9.17, 15) is 22.8 Å². The Morgan fingerprint density at radius 2 is 1.70 bits per heavy atom. The molecule has 1 saturated heterocycles. The third-order valence-electron chi connectivity index (χ3n) is 5.52. The van der Waals surface area contributed by atoms with Crippen LogP contribution in [0.25, 0.3) is 5.65 Å². The van der Waals surface area contributed by atoms with Gasteiger partial charge in [0.25, 0.3) is 5.91 Å². The van der Waals surface area contributed by atoms with Crippen molar-refractivity contribution in [1.29, 1.82) is 0 Å². The molecule has 1 aliphatic heterocycles. The second-order valence-electron chi connectivity index (χ2n) is 7.71. The van der Waals surface area contributed by atoms with Gasteiger partial charge in [-0.3, -0.25) is 9.59 Å². The van der Waals surface area contributed by atoms with Crippen molar-refractivity contribution in [2.75, 3.05) is 31.1 Å². The predicted molar refractivity (Wildman–Crippen MR) is 113 cm³/mol. The van der Waals surface area contributed by atoms with E-state index in [1.807, 2.05) is 12.1 Å². The van der Waals surface area contributed by atoms with Crippen molar-refractivity contribution in [3.05, 3.63) is 53.9 Å². The quantitative estimate of drug-likeness (QED) is 0.544. The molecule has 1 fully saturated rings. The Bertz CT molecular complexity index is 1120. The summed E-state index contributed by atoms with van der Waals surface area (Å²) in [5, 5.41) is 17.6. The first-order chi connectivity index (χ1) is 15.8. The lowest BCUT2D eigenvalue weighted by molar-refractivity contribution is -0.137. The number of hydrogen-bond donors (Lipinski definition) is 2. The number of rotatable bonds is 6. The van der Waals surface area contributed by atoms with E-state index >= 15 is 0 Å². The maximum atomic E-state index is 12.6. The average molecular weight is 461 g/mol. The van der Waals surface area contributed by atoms with Crippen LogP contribution in [-0.2, 0) is 11.0 Å². The van der Waals surface area contributed by atoms with Gasteiger partial charge in [-0.05, 0) is 49.2 Å². The van der Waals surface area contributed by atoms with Crippen molar-refractivity contribution in [3.8, 4) is 0 Å². The van der Waals surface area contributed by atoms with Gasteiger partial charge in [-0.25, -0.2) is 0 Å². The second-order valence-corrected chi connectivity index (χ2v) is 7.71. The van der Waals surface area contributed by atoms with E-state index < -0.39 is 17.6 Å². The molecule has 2 aromatic heterocycles. The molecule has 0 saturated carbocycles. The molecule has 0 aliphatic carbocycles. The first kappa shape index (κ1) is 22.5. The molecule has 33 heavy (non-hydrogen) atoms. The zero-order valence-corrected chi connectivity index (χ0v) is 17.5. The van der Waals surface area contributed by atoms with Crippen LogP contribution in [0.15, 0.2) is 42.7 Å². The van der Waals surface area contributed by atoms with Crippen molar-refractivity contribution in [2.24, 2.45) is 5.92 Å². The zero-order chi connectivity index (χ0) is 23.4. The Kier molecular flexibility index (Phi) is 6.43. The molecule has 0 atom stereocenters. The first-order valence-electron chi connectivity index (χ1n) is 10.5. The van der Waals surface area contributed by atoms with E-state index in [-0.39, 0.29) is 30.5 Å². The molecule has 4 rings (SSSR count). The fraction of sp³-hybridized carbons (Fsp3) is 0.381. The van der Waals surface area contributed by atoms with Gasteiger partial charge in [0, 0.05) is 37.7 Å². The van der Waals surface area contributed by atoms with Crippen LogP contribution < -0.4 is 15.5 Å². The summed E-state index contributed by atoms with van der Waals surface area (Å²) in [6, 6.07) is 7.70. The van der Waals surface area contributed by atoms with E-state index in [2.05, 4.69) is 30.8 Å². The number of aromatic nitrogens is 4. The monoisotopic (exact) mass is 461 g/mol. The molecule has 12 heteroatoms. The number of fused-ring (bicyclic) bond motifs is 1. The lowest BCUT2D eigenvalue weighted by atomic mass is 9.96. The minimum Gasteiger partial charge on any atom is -0.355 e. The molecule has 3 heterocycles. The highest BCUT2D eigenvalue weighted by Crippen LogP contribution is 2.29. The van der Waals surface area contributed by atoms with Gasteiger partial charge in [0.2, 0.25) is 5.91 Å². The summed E-state index contributed by atoms with van der Waals surface area (Å²) >= 11 is 0. The third-order valence-corrected chi connectivity index (χ3v) is 5.52. The molecular formula is C21H22F3N7O2. The van der Waals surface area contributed by atoms with Crippen molar-refractivity contribution in [1.82, 2.24) is 30.4 Å². The normalized spacial score (nSPS) is 14.9. The number of nitrogens with one attached hydrogen (secondary N) is 2. The van der Waals surface area contributed by atoms with Gasteiger partial charge in [0.05, 0.1) is 5.56 Å². The summed E-state index contributed by atoms with van der Waals surface area (Å²) < 4.78 is 39.4. The van der Waals surface area contributed by atoms with Crippen LogP contribution in [0, 0.1) is 5.92 Å². The molecule has 174 valence electrons. The Morgan fingerprint density at radius 1 is 1.00 bits per heavy atom. The topological polar surface area (TPSA) is 105 Å². The van der Waals surface area contributed by atoms with E-state index in [0.29, 0.717) is 31.6 Å². The molecular weight excluding hydrogens is 439 g/mol. The van der Waals surface area contributed by atoms with Gasteiger partial charge >= 0.3 is 6.18 Å². The predicted octanol–water partition coefficient (Wildman–Crippen LogP) is 1.91. The molecule has 1 aromatic carbocycles. The van der Waals surface area contributed by atoms with E-state index in [1.54, 1.807) is 4.52 Å². The number of carbonyl (C=O) groups excluding carboxylic acids is 2. The van der Waals surface area contributed by atoms with Gasteiger partial charge in [-0.15, -0.1) is 15.3 Å². The summed E-state index contributed by atoms with van der Waals surface area (Å²) in [4.78, 5) is 26.6. The number of piperidine rings is 1. The minimum absolute atomic E-state index is 0.0827. The van der Waals surface area contributed by atoms with Crippen LogP contribution in [0.5, 0.6) is 0 Å². The highest BCUT2D eigenvalue weighted by Gasteiger charge is 2.30. The van der Waals surface area contributed by atoms with E-state index in [0.717, 1.165) is 30.1 Å². The highest BCUT2D eigenvalue weighted by molar-refractivity contribution is 5.94. The molecule has 0 radical (unpaired) electrons. The van der Waals surface area contributed by atoms with Crippen molar-refractivity contribution in [3.63, 3.8) is 0 Å². The van der Waals surface area contributed by atoms with Crippen molar-refractivity contribution >= 4 is 23.3 Å². The first-order valence-corrected chi connectivity index (χ1v) is 10.5. The van der Waals surface area contributed by atoms with Crippen molar-refractivity contribution < 1.29 is 22.8 Å². The fourth-order valence-corrected chi connectivity index (χ4v) is 3.68. The standard InChI is InChI=1S/C21H22F3N7O2/c22-21(23,24)16-3-1-14(2-4-16)19(32)25-9-10-26-20(33)15-7-11-30(12-8-15)18-6-5-17-28-27-13-31(17)29-18/h1-6,13,15H,7-12H2,(H,25,32)(H,26,33). The largest absolute Gasteiger partial charge is 0.416 e. The molecule has 0 bridgehead atoms. The summed E-state index contributed by atoms with van der Waals surface area (Å²) in [5.74, 6) is 0.0853. The number of halogens is 3. The number of hydrogen-bond acceptors (Lipinski definition) is 6. The number of anilines is 1. The second kappa shape index (κ2) is 9.43. The summed E-state index contributed by atoms with van der Waals surface area (Å²) in [7, 11) is 0. The van der Waals surface area contributed by atoms with Crippen LogP contribution in [-0.4, -0.2) is 57.8 Å². The van der Waals surface area contributed by atoms with Crippen LogP contribution in [0.2, 0.25) is 0 Å². The lowest BCUT2D eigenvalue weighted by Crippen LogP contribution is -2.42. The van der Waals surface area contributed by atoms with Crippen LogP contribution in [0.4, 0.5) is 19.0 Å². The summed E-state index contributed by atoms with van der Waals surface area (Å²) in [6.07, 6.45) is -1.57. The number of carbonyl (C=O) groups is 2. The van der Waals surface area contributed by atoms with Gasteiger partial charge < -0.3 is 15.5 Å². The smallest absolute Gasteiger partial charge is 0.355 e. The minimum atomic E-state index is -4.45. The zero-order valence-electron chi connectivity index (χ0n) is 17.5. The van der Waals surface area contributed by atoms with Crippen LogP contribution >= 0.6 is 0 Å². The van der Waals surface area contributed by atoms with Gasteiger partial charge in [-0.1, -0.05) is 0 Å². The molecule has 3 aromatic rings. The highest BCUT2D eigenvalue weighted by atomic mass is 19.4. The molecule has 2 amide bonds. The lowest BCUT2D eigenvalue weighted by Gasteiger charge is -2.32. The average Bonchev–Trinajstić information content (AvgIpc) is 3.29. The Hall–Kier alpha value is -3.70. The maximum Gasteiger partial charge on any atom is 0.416 e. The van der Waals surface area contributed by atoms with Gasteiger partial charge in [0.1, 0.15) is 12.1 Å². The van der Waals surface area contributed by atoms with Crippen molar-refractivity contribution in [2.45, 2.75) is 19.0 Å². The van der Waals surface area contributed by atoms with Crippen LogP contribution in [0.1, 0.15) is 28.8 Å². The third kappa shape index (κ3) is 5.38. The number of nitrogens with zero attached hydrogens (tertiary/aromatic N) is 5. The summed E-state index contributed by atoms with van der Waals surface area (Å²) in [5.41, 5.74) is -0.0224. The number of benzene rings is 1. The Morgan fingerprint density at radius 3 is 2.39 bits per heavy atom. The molecule has 2 N–H and O–H groups in total.